The van der Waals surface area contributed by atoms with E-state index < -0.39 is 59.0 Å². The Morgan fingerprint density at radius 2 is 1.12 bits per heavy atom. The zero-order chi connectivity index (χ0) is 54.6. The third kappa shape index (κ3) is 12.0. The number of benzene rings is 2. The van der Waals surface area contributed by atoms with E-state index in [9.17, 15) is 40.2 Å². The van der Waals surface area contributed by atoms with E-state index in [0.29, 0.717) is 38.9 Å². The predicted octanol–water partition coefficient (Wildman–Crippen LogP) is 10.3. The van der Waals surface area contributed by atoms with Gasteiger partial charge in [-0.05, 0) is 172 Å². The number of carbonyl (C=O) groups excluding carboxylic acids is 2. The van der Waals surface area contributed by atoms with Gasteiger partial charge in [-0.2, -0.15) is 35.9 Å². The Hall–Kier alpha value is -2.98. The van der Waals surface area contributed by atoms with Crippen molar-refractivity contribution in [1.29, 1.82) is 0 Å². The van der Waals surface area contributed by atoms with Crippen LogP contribution in [0.3, 0.4) is 0 Å². The van der Waals surface area contributed by atoms with Crippen molar-refractivity contribution in [1.82, 2.24) is 0 Å². The molecule has 10 rings (SSSR count). The molecule has 2 aromatic rings. The first-order valence-corrected chi connectivity index (χ1v) is 28.2. The third-order valence-corrected chi connectivity index (χ3v) is 20.8. The molecule has 8 aliphatic carbocycles. The molecule has 77 heavy (non-hydrogen) atoms. The number of Topliss-reactive ketones (excluding diaryl/α,β-unsaturated/α-hetero) is 2. The first-order chi connectivity index (χ1) is 35.8. The van der Waals surface area contributed by atoms with E-state index in [1.165, 1.54) is 22.3 Å². The van der Waals surface area contributed by atoms with Crippen LogP contribution in [0.15, 0.2) is 113 Å². The summed E-state index contributed by atoms with van der Waals surface area (Å²) in [4.78, 5) is 36.5. The summed E-state index contributed by atoms with van der Waals surface area (Å²) in [6.07, 6.45) is 15.0. The van der Waals surface area contributed by atoms with Crippen LogP contribution in [0.25, 0.3) is 0 Å². The summed E-state index contributed by atoms with van der Waals surface area (Å²) < 4.78 is 1.06. The third-order valence-electron chi connectivity index (χ3n) is 20.3. The number of hydrogen-bond donors (Lipinski definition) is 6. The zero-order valence-electron chi connectivity index (χ0n) is 46.5. The molecule has 12 nitrogen and oxygen atoms in total. The van der Waals surface area contributed by atoms with Gasteiger partial charge in [-0.25, -0.2) is 0 Å². The van der Waals surface area contributed by atoms with Crippen LogP contribution in [0.5, 0.6) is 0 Å². The number of carbonyl (C=O) groups is 2. The molecule has 421 valence electrons. The summed E-state index contributed by atoms with van der Waals surface area (Å²) in [5.74, 6) is 0.0405. The number of aliphatic hydroxyl groups is 6. The maximum absolute atomic E-state index is 12.6. The molecule has 6 fully saturated rings. The summed E-state index contributed by atoms with van der Waals surface area (Å²) in [7, 11) is 0. The molecular weight excluding hydrogens is 1110 g/mol. The monoisotopic (exact) mass is 1200 g/mol. The largest absolute Gasteiger partial charge is 0.396 e. The van der Waals surface area contributed by atoms with Crippen LogP contribution in [0.1, 0.15) is 129 Å². The standard InChI is InChI=1S/C29H38BrNO5.C29H38NO5.2C2H4.CH3.Y/c1-27-11-8-21(31-36-13-10-18-4-3-5-20(30)14-18)15-19(27)6-7-22-23-9-12-29(35,25(34)17-32)28(23,2)16-24(33)26(22)27;1-27-13-10-21(30-35-15-12-19-6-4-3-5-7-19)16-20(27)8-9-22-23-11-14-29(34,25(33)18-31)28(23,2)17-24(32)26(22)27;2*1-2;;/h3-5,14-15,22-24,26,32-33,35H,6-13,16-17H2,1-2H3;3-4,6-7,16,22-24,26,31-32,34H,8-15,17-18H2,1-2H3;2*1-2H2;1H3;/q;-1;;;-1;/b31-21+;30-21+;;;;/t2*22-,23-,24-,26+,27-,28-,29-;;;;/m00..../s1. The first-order valence-electron chi connectivity index (χ1n) is 27.4. The summed E-state index contributed by atoms with van der Waals surface area (Å²) in [5, 5.41) is 73.7. The molecule has 14 atom stereocenters. The number of hydrogen-bond acceptors (Lipinski definition) is 12. The van der Waals surface area contributed by atoms with Crippen molar-refractivity contribution < 1.29 is 82.6 Å². The molecule has 0 unspecified atom stereocenters. The molecule has 0 saturated heterocycles. The Kier molecular flexibility index (Phi) is 22.5. The van der Waals surface area contributed by atoms with Crippen molar-refractivity contribution in [3.8, 4) is 0 Å². The van der Waals surface area contributed by atoms with Gasteiger partial charge in [0.15, 0.2) is 11.6 Å². The van der Waals surface area contributed by atoms with Gasteiger partial charge in [0, 0.05) is 54.4 Å². The number of ketones is 2. The van der Waals surface area contributed by atoms with E-state index in [2.05, 4.69) is 103 Å². The van der Waals surface area contributed by atoms with E-state index in [1.54, 1.807) is 0 Å². The Bertz CT molecular complexity index is 2480. The fourth-order valence-electron chi connectivity index (χ4n) is 16.6. The normalized spacial score (nSPS) is 38.0. The quantitative estimate of drug-likeness (QED) is 0.0515. The van der Waals surface area contributed by atoms with Crippen molar-refractivity contribution in [2.75, 3.05) is 26.4 Å². The van der Waals surface area contributed by atoms with Crippen molar-refractivity contribution in [3.05, 3.63) is 127 Å². The maximum atomic E-state index is 12.6. The number of allylic oxidation sites excluding steroid dienone is 4. The Morgan fingerprint density at radius 1 is 0.675 bits per heavy atom. The Balaban J connectivity index is 0.000000261. The molecule has 14 heteroatoms. The first kappa shape index (κ1) is 64.8. The van der Waals surface area contributed by atoms with Crippen LogP contribution in [-0.2, 0) is 64.8 Å². The van der Waals surface area contributed by atoms with Crippen molar-refractivity contribution in [3.63, 3.8) is 0 Å². The van der Waals surface area contributed by atoms with Gasteiger partial charge in [0.25, 0.3) is 0 Å². The second-order valence-corrected chi connectivity index (χ2v) is 24.5. The number of fused-ring (bicyclic) bond motifs is 10. The molecule has 2 aromatic carbocycles. The topological polar surface area (TPSA) is 199 Å². The number of nitrogens with zero attached hydrogens (tertiary/aromatic N) is 2. The average Bonchev–Trinajstić information content (AvgIpc) is 4.08. The molecular formula is C63H87BrN2O10Y-2. The van der Waals surface area contributed by atoms with E-state index in [1.807, 2.05) is 44.2 Å². The predicted molar refractivity (Wildman–Crippen MR) is 303 cm³/mol. The molecule has 0 aliphatic heterocycles. The Labute approximate surface area is 493 Å². The van der Waals surface area contributed by atoms with Crippen molar-refractivity contribution in [2.45, 2.75) is 154 Å². The fourth-order valence-corrected chi connectivity index (χ4v) is 17.0. The van der Waals surface area contributed by atoms with Crippen molar-refractivity contribution >= 4 is 38.9 Å². The van der Waals surface area contributed by atoms with Gasteiger partial charge in [-0.1, -0.05) is 77.2 Å². The van der Waals surface area contributed by atoms with Gasteiger partial charge in [-0.3, -0.25) is 9.59 Å². The Morgan fingerprint density at radius 3 is 1.53 bits per heavy atom. The maximum Gasteiger partial charge on any atom is 0.190 e. The van der Waals surface area contributed by atoms with Gasteiger partial charge in [0.2, 0.25) is 0 Å². The van der Waals surface area contributed by atoms with E-state index in [4.69, 9.17) is 9.68 Å². The second-order valence-electron chi connectivity index (χ2n) is 23.6. The van der Waals surface area contributed by atoms with Gasteiger partial charge >= 0.3 is 0 Å². The van der Waals surface area contributed by atoms with E-state index >= 15 is 0 Å². The van der Waals surface area contributed by atoms with Crippen molar-refractivity contribution in [2.24, 2.45) is 67.5 Å². The summed E-state index contributed by atoms with van der Waals surface area (Å²) in [6.45, 7) is 20.2. The average molecular weight is 1200 g/mol. The van der Waals surface area contributed by atoms with Gasteiger partial charge in [0.1, 0.15) is 37.6 Å². The molecule has 0 aromatic heterocycles. The van der Waals surface area contributed by atoms with E-state index in [0.717, 1.165) is 92.9 Å². The molecule has 8 aliphatic rings. The second kappa shape index (κ2) is 26.7. The summed E-state index contributed by atoms with van der Waals surface area (Å²) in [5.41, 5.74) is 2.26. The summed E-state index contributed by atoms with van der Waals surface area (Å²) in [6, 6.07) is 19.2. The summed E-state index contributed by atoms with van der Waals surface area (Å²) >= 11 is 3.50. The zero-order valence-corrected chi connectivity index (χ0v) is 51.0. The molecule has 0 heterocycles. The van der Waals surface area contributed by atoms with E-state index in [-0.39, 0.29) is 86.5 Å². The minimum absolute atomic E-state index is 0. The van der Waals surface area contributed by atoms with Crippen LogP contribution >= 0.6 is 15.9 Å². The van der Waals surface area contributed by atoms with Gasteiger partial charge in [-0.15, -0.1) is 26.3 Å². The van der Waals surface area contributed by atoms with Gasteiger partial charge < -0.3 is 47.7 Å². The molecule has 6 saturated carbocycles. The van der Waals surface area contributed by atoms with Crippen LogP contribution in [0.4, 0.5) is 0 Å². The van der Waals surface area contributed by atoms with Crippen LogP contribution < -0.4 is 0 Å². The number of oxime groups is 2. The molecule has 0 bridgehead atoms. The molecule has 0 spiro atoms. The van der Waals surface area contributed by atoms with Crippen LogP contribution in [0.2, 0.25) is 0 Å². The molecule has 0 amide bonds. The van der Waals surface area contributed by atoms with Crippen LogP contribution in [-0.4, -0.2) is 103 Å². The number of rotatable bonds is 12. The molecule has 6 N–H and O–H groups in total. The number of halogens is 1. The van der Waals surface area contributed by atoms with Crippen LogP contribution in [0, 0.1) is 70.7 Å². The molecule has 1 radical (unpaired) electrons. The minimum Gasteiger partial charge on any atom is -0.396 e. The minimum atomic E-state index is -1.55. The fraction of sp³-hybridized carbons (Fsp3) is 0.603. The smallest absolute Gasteiger partial charge is 0.190 e. The number of aliphatic hydroxyl groups excluding tert-OH is 4. The van der Waals surface area contributed by atoms with Gasteiger partial charge in [0.05, 0.1) is 23.6 Å². The SMILES string of the molecule is C=C.C=C.C[C@]12CC/C(=N\OCCc3c[c-]ccc3)C=C1CC[C@@H]1[C@@H]2[C@@H](O)C[C@@]2(C)[C@H]1CC[C@]2(O)C(=O)CO.C[C@]12CC/C(=N\OCCc3cccc(Br)c3)C=C1CC[C@@H]1[C@@H]2[C@@H](O)C[C@@]2(C)[C@H]1CC[C@]2(O)C(=O)CO.[CH3-].[Y].